The Hall–Kier alpha value is -3.27. The number of benzene rings is 6. The molecule has 46 heavy (non-hydrogen) atoms. The Kier molecular flexibility index (Phi) is 12.4. The van der Waals surface area contributed by atoms with Crippen LogP contribution in [0.5, 0.6) is 0 Å². The van der Waals surface area contributed by atoms with Crippen molar-refractivity contribution in [3.8, 4) is 22.3 Å². The van der Waals surface area contributed by atoms with E-state index in [9.17, 15) is 0 Å². The second kappa shape index (κ2) is 16.0. The third kappa shape index (κ3) is 7.48. The summed E-state index contributed by atoms with van der Waals surface area (Å²) < 4.78 is 0. The van der Waals surface area contributed by atoms with Crippen LogP contribution in [0.2, 0.25) is 13.1 Å². The molecule has 8 rings (SSSR count). The van der Waals surface area contributed by atoms with Crippen molar-refractivity contribution in [2.75, 3.05) is 0 Å². The van der Waals surface area contributed by atoms with Crippen molar-refractivity contribution >= 4 is 73.4 Å². The van der Waals surface area contributed by atoms with Gasteiger partial charge in [0.05, 0.1) is 0 Å². The van der Waals surface area contributed by atoms with Crippen LogP contribution in [0.3, 0.4) is 0 Å². The predicted octanol–water partition coefficient (Wildman–Crippen LogP) is 13.0. The molecule has 0 saturated carbocycles. The zero-order valence-electron chi connectivity index (χ0n) is 26.7. The summed E-state index contributed by atoms with van der Waals surface area (Å²) >= 11 is 1.45. The Morgan fingerprint density at radius 2 is 0.739 bits per heavy atom. The monoisotopic (exact) mass is 820 g/mol. The first-order valence-corrected chi connectivity index (χ1v) is 23.1. The molecule has 0 nitrogen and oxygen atoms in total. The maximum absolute atomic E-state index is 2.33. The second-order valence-electron chi connectivity index (χ2n) is 11.6. The Balaban J connectivity index is 0.000000180. The molecule has 8 aromatic rings. The Morgan fingerprint density at radius 1 is 0.435 bits per heavy atom. The van der Waals surface area contributed by atoms with E-state index in [2.05, 4.69) is 173 Å². The molecule has 0 amide bonds. The van der Waals surface area contributed by atoms with Crippen LogP contribution in [0.4, 0.5) is 0 Å². The summed E-state index contributed by atoms with van der Waals surface area (Å²) in [6.45, 7) is 9.07. The van der Waals surface area contributed by atoms with Crippen LogP contribution in [-0.2, 0) is 23.0 Å². The molecule has 0 saturated heterocycles. The molecule has 4 heteroatoms. The second-order valence-corrected chi connectivity index (χ2v) is 24.4. The Labute approximate surface area is 300 Å². The van der Waals surface area contributed by atoms with E-state index in [1.807, 2.05) is 0 Å². The van der Waals surface area contributed by atoms with Crippen molar-refractivity contribution in [2.24, 2.45) is 0 Å². The molecule has 0 fully saturated rings. The molecule has 0 N–H and O–H groups in total. The first-order valence-electron chi connectivity index (χ1n) is 15.2. The van der Waals surface area contributed by atoms with Gasteiger partial charge in [-0.2, -0.15) is 0 Å². The molecule has 0 unspecified atom stereocenters. The number of aryl methyl sites for hydroxylation is 2. The average molecular weight is 820 g/mol. The molecule has 0 aromatic heterocycles. The third-order valence-electron chi connectivity index (χ3n) is 8.11. The Morgan fingerprint density at radius 3 is 1.13 bits per heavy atom. The standard InChI is InChI=1S/2C20H15.C2H6Si.2ClH.Hf/c2*1-14-13-16-8-3-5-11-18(16)20(14)19-12-6-9-15-7-2-4-10-17(15)19;1-3-2;;;/h2*2-13H,1H3;1-2H3;2*1H;/q2*-1;;;;+2. The van der Waals surface area contributed by atoms with Gasteiger partial charge >= 0.3 is 41.6 Å². The average Bonchev–Trinajstić information content (AvgIpc) is 3.55. The van der Waals surface area contributed by atoms with Gasteiger partial charge in [0.25, 0.3) is 0 Å². The topological polar surface area (TPSA) is 0 Å². The zero-order valence-corrected chi connectivity index (χ0v) is 32.9. The summed E-state index contributed by atoms with van der Waals surface area (Å²) in [6, 6.07) is 52.2. The number of halogens is 2. The summed E-state index contributed by atoms with van der Waals surface area (Å²) in [5.74, 6) is 0. The molecule has 0 heterocycles. The van der Waals surface area contributed by atoms with Crippen molar-refractivity contribution in [1.29, 1.82) is 0 Å². The van der Waals surface area contributed by atoms with Crippen LogP contribution in [0, 0.1) is 13.8 Å². The minimum absolute atomic E-state index is 0. The normalized spacial score (nSPS) is 10.4. The summed E-state index contributed by atoms with van der Waals surface area (Å²) in [5, 5.41) is 10.6. The fraction of sp³-hybridized carbons (Fsp3) is 0.0952. The minimum Gasteiger partial charge on any atom is -0.149 e. The van der Waals surface area contributed by atoms with Gasteiger partial charge in [-0.15, -0.1) is 117 Å². The van der Waals surface area contributed by atoms with Crippen molar-refractivity contribution in [3.05, 3.63) is 157 Å². The molecule has 228 valence electrons. The van der Waals surface area contributed by atoms with Gasteiger partial charge in [-0.25, -0.2) is 0 Å². The number of rotatable bonds is 2. The largest absolute Gasteiger partial charge is 0.149 e. The van der Waals surface area contributed by atoms with Crippen LogP contribution in [0.25, 0.3) is 65.3 Å². The molecule has 8 aromatic carbocycles. The van der Waals surface area contributed by atoms with E-state index in [1.54, 1.807) is 0 Å². The van der Waals surface area contributed by atoms with Gasteiger partial charge in [0.1, 0.15) is 0 Å². The number of fused-ring (bicyclic) bond motifs is 4. The van der Waals surface area contributed by atoms with Gasteiger partial charge in [0, 0.05) is 0 Å². The molecular formula is C42H38Cl2HfSi. The molecular weight excluding hydrogens is 782 g/mol. The first-order chi connectivity index (χ1) is 21.4. The van der Waals surface area contributed by atoms with E-state index < -0.39 is 0 Å². The molecule has 0 aliphatic rings. The van der Waals surface area contributed by atoms with Crippen LogP contribution >= 0.6 is 24.8 Å². The fourth-order valence-electron chi connectivity index (χ4n) is 6.34. The summed E-state index contributed by atoms with van der Waals surface area (Å²) in [6.07, 6.45) is 0. The Bertz CT molecular complexity index is 2090. The van der Waals surface area contributed by atoms with Crippen molar-refractivity contribution in [1.82, 2.24) is 0 Å². The van der Waals surface area contributed by atoms with Crippen molar-refractivity contribution < 1.29 is 23.0 Å². The predicted molar refractivity (Wildman–Crippen MR) is 206 cm³/mol. The summed E-state index contributed by atoms with van der Waals surface area (Å²) in [5.41, 5.74) is 8.37. The number of hydrogen-bond donors (Lipinski definition) is 0. The van der Waals surface area contributed by atoms with Gasteiger partial charge in [-0.1, -0.05) is 122 Å². The maximum atomic E-state index is 2.33. The van der Waals surface area contributed by atoms with E-state index >= 15 is 0 Å². The fourth-order valence-corrected chi connectivity index (χ4v) is 6.34. The smallest absolute Gasteiger partial charge is 0.0186 e. The molecule has 0 bridgehead atoms. The quantitative estimate of drug-likeness (QED) is 0.120. The SMILES string of the molecule is C[Si](C)=[Hf+2].Cc1[cH-]c2ccccc2c1-c1cccc2ccccc12.Cc1[cH-]c2ccccc2c1-c1cccc2ccccc12.Cl.Cl. The van der Waals surface area contributed by atoms with E-state index in [1.165, 1.54) is 99.5 Å². The summed E-state index contributed by atoms with van der Waals surface area (Å²) in [7, 11) is 0. The summed E-state index contributed by atoms with van der Waals surface area (Å²) in [4.78, 5) is 0. The van der Waals surface area contributed by atoms with Gasteiger partial charge in [-0.3, -0.25) is 0 Å². The molecule has 0 aliphatic carbocycles. The zero-order chi connectivity index (χ0) is 30.6. The van der Waals surface area contributed by atoms with Gasteiger partial charge in [0.15, 0.2) is 0 Å². The van der Waals surface area contributed by atoms with E-state index in [4.69, 9.17) is 0 Å². The van der Waals surface area contributed by atoms with Gasteiger partial charge in [0.2, 0.25) is 0 Å². The first kappa shape index (κ1) is 35.6. The third-order valence-corrected chi connectivity index (χ3v) is 8.11. The molecule has 0 aliphatic heterocycles. The minimum atomic E-state index is 0. The van der Waals surface area contributed by atoms with Gasteiger partial charge in [-0.05, 0) is 21.5 Å². The van der Waals surface area contributed by atoms with Crippen LogP contribution in [-0.4, -0.2) is 5.49 Å². The van der Waals surface area contributed by atoms with Crippen molar-refractivity contribution in [3.63, 3.8) is 0 Å². The van der Waals surface area contributed by atoms with Crippen LogP contribution < -0.4 is 0 Å². The van der Waals surface area contributed by atoms with Crippen molar-refractivity contribution in [2.45, 2.75) is 26.9 Å². The van der Waals surface area contributed by atoms with E-state index in [0.29, 0.717) is 0 Å². The van der Waals surface area contributed by atoms with Crippen LogP contribution in [0.1, 0.15) is 11.1 Å². The number of hydrogen-bond acceptors (Lipinski definition) is 0. The maximum Gasteiger partial charge on any atom is -0.0186 e. The van der Waals surface area contributed by atoms with Gasteiger partial charge < -0.3 is 0 Å². The van der Waals surface area contributed by atoms with E-state index in [0.717, 1.165) is 0 Å². The molecule has 0 radical (unpaired) electrons. The molecule has 0 spiro atoms. The van der Waals surface area contributed by atoms with E-state index in [-0.39, 0.29) is 30.3 Å². The molecule has 0 atom stereocenters. The van der Waals surface area contributed by atoms with Crippen LogP contribution in [0.15, 0.2) is 146 Å².